The lowest BCUT2D eigenvalue weighted by molar-refractivity contribution is -0.138. The van der Waals surface area contributed by atoms with Gasteiger partial charge in [0.15, 0.2) is 36.2 Å². The van der Waals surface area contributed by atoms with Crippen molar-refractivity contribution in [3.8, 4) is 23.0 Å². The number of amides is 2. The predicted octanol–water partition coefficient (Wildman–Crippen LogP) is 5.22. The highest BCUT2D eigenvalue weighted by atomic mass is 16.5. The van der Waals surface area contributed by atoms with Gasteiger partial charge in [-0.2, -0.15) is 0 Å². The number of rotatable bonds is 15. The van der Waals surface area contributed by atoms with Crippen molar-refractivity contribution >= 4 is 11.8 Å². The van der Waals surface area contributed by atoms with Gasteiger partial charge in [0.25, 0.3) is 11.8 Å². The molecule has 0 fully saturated rings. The molecule has 0 aromatic heterocycles. The summed E-state index contributed by atoms with van der Waals surface area (Å²) in [7, 11) is 3.11. The summed E-state index contributed by atoms with van der Waals surface area (Å²) in [5.41, 5.74) is 1.95. The molecule has 42 heavy (non-hydrogen) atoms. The molecule has 4 rings (SSSR count). The van der Waals surface area contributed by atoms with E-state index < -0.39 is 0 Å². The van der Waals surface area contributed by atoms with Crippen LogP contribution < -0.4 is 18.9 Å². The highest BCUT2D eigenvalue weighted by Gasteiger charge is 2.21. The number of ether oxygens (including phenoxy) is 4. The first-order valence-corrected chi connectivity index (χ1v) is 13.7. The third kappa shape index (κ3) is 8.76. The molecular weight excluding hydrogens is 532 g/mol. The van der Waals surface area contributed by atoms with Crippen molar-refractivity contribution in [2.24, 2.45) is 0 Å². The molecule has 0 aliphatic rings. The van der Waals surface area contributed by atoms with Crippen LogP contribution in [0, 0.1) is 0 Å². The van der Waals surface area contributed by atoms with Crippen molar-refractivity contribution < 1.29 is 28.5 Å². The SMILES string of the molecule is COc1ccccc1OCC(=O)N(CCN(Cc1ccccc1)C(=O)COc1ccccc1OC)Cc1ccccc1. The first kappa shape index (κ1) is 30.0. The molecule has 2 amide bonds. The van der Waals surface area contributed by atoms with Crippen LogP contribution in [0.5, 0.6) is 23.0 Å². The molecule has 0 saturated heterocycles. The fourth-order valence-electron chi connectivity index (χ4n) is 4.37. The molecule has 0 radical (unpaired) electrons. The summed E-state index contributed by atoms with van der Waals surface area (Å²) in [6.07, 6.45) is 0. The molecular formula is C34H36N2O6. The lowest BCUT2D eigenvalue weighted by atomic mass is 10.2. The topological polar surface area (TPSA) is 77.5 Å². The van der Waals surface area contributed by atoms with Crippen LogP contribution >= 0.6 is 0 Å². The highest BCUT2D eigenvalue weighted by Crippen LogP contribution is 2.26. The van der Waals surface area contributed by atoms with E-state index in [9.17, 15) is 9.59 Å². The van der Waals surface area contributed by atoms with E-state index in [2.05, 4.69) is 0 Å². The van der Waals surface area contributed by atoms with Crippen LogP contribution in [-0.4, -0.2) is 62.1 Å². The fraction of sp³-hybridized carbons (Fsp3) is 0.235. The van der Waals surface area contributed by atoms with Crippen molar-refractivity contribution in [1.82, 2.24) is 9.80 Å². The minimum atomic E-state index is -0.206. The van der Waals surface area contributed by atoms with Crippen LogP contribution in [0.25, 0.3) is 0 Å². The Labute approximate surface area is 247 Å². The van der Waals surface area contributed by atoms with Gasteiger partial charge in [0.1, 0.15) is 0 Å². The van der Waals surface area contributed by atoms with Crippen LogP contribution in [0.15, 0.2) is 109 Å². The van der Waals surface area contributed by atoms with E-state index in [1.807, 2.05) is 84.9 Å². The van der Waals surface area contributed by atoms with Gasteiger partial charge in [0.05, 0.1) is 14.2 Å². The molecule has 0 N–H and O–H groups in total. The van der Waals surface area contributed by atoms with Crippen molar-refractivity contribution in [3.05, 3.63) is 120 Å². The quantitative estimate of drug-likeness (QED) is 0.196. The van der Waals surface area contributed by atoms with E-state index in [4.69, 9.17) is 18.9 Å². The smallest absolute Gasteiger partial charge is 0.260 e. The maximum Gasteiger partial charge on any atom is 0.260 e. The van der Waals surface area contributed by atoms with Crippen LogP contribution in [-0.2, 0) is 22.7 Å². The molecule has 4 aromatic rings. The number of para-hydroxylation sites is 4. The molecule has 0 saturated carbocycles. The minimum absolute atomic E-state index is 0.170. The highest BCUT2D eigenvalue weighted by molar-refractivity contribution is 5.79. The molecule has 218 valence electrons. The number of carbonyl (C=O) groups is 2. The Kier molecular flexibility index (Phi) is 11.2. The minimum Gasteiger partial charge on any atom is -0.493 e. The van der Waals surface area contributed by atoms with Crippen LogP contribution in [0.4, 0.5) is 0 Å². The number of nitrogens with zero attached hydrogens (tertiary/aromatic N) is 2. The van der Waals surface area contributed by atoms with Gasteiger partial charge in [0.2, 0.25) is 0 Å². The largest absolute Gasteiger partial charge is 0.493 e. The number of benzene rings is 4. The number of carbonyl (C=O) groups excluding carboxylic acids is 2. The lowest BCUT2D eigenvalue weighted by Gasteiger charge is -2.28. The Morgan fingerprint density at radius 2 is 0.833 bits per heavy atom. The van der Waals surface area contributed by atoms with E-state index in [-0.39, 0.29) is 25.0 Å². The van der Waals surface area contributed by atoms with Crippen molar-refractivity contribution in [2.45, 2.75) is 13.1 Å². The van der Waals surface area contributed by atoms with Crippen LogP contribution in [0.1, 0.15) is 11.1 Å². The molecule has 0 unspecified atom stereocenters. The standard InChI is InChI=1S/C34H36N2O6/c1-39-29-17-9-11-19-31(29)41-25-33(37)35(23-27-13-5-3-6-14-27)21-22-36(24-28-15-7-4-8-16-28)34(38)26-42-32-20-12-10-18-30(32)40-2/h3-20H,21-26H2,1-2H3. The average molecular weight is 569 g/mol. The third-order valence-corrected chi connectivity index (χ3v) is 6.62. The normalized spacial score (nSPS) is 10.4. The maximum absolute atomic E-state index is 13.5. The Bertz CT molecular complexity index is 1300. The van der Waals surface area contributed by atoms with Crippen LogP contribution in [0.2, 0.25) is 0 Å². The zero-order chi connectivity index (χ0) is 29.6. The summed E-state index contributed by atoms with van der Waals surface area (Å²) >= 11 is 0. The van der Waals surface area contributed by atoms with E-state index in [1.165, 1.54) is 0 Å². The van der Waals surface area contributed by atoms with Gasteiger partial charge in [-0.3, -0.25) is 9.59 Å². The fourth-order valence-corrected chi connectivity index (χ4v) is 4.37. The Balaban J connectivity index is 1.48. The second-order valence-electron chi connectivity index (χ2n) is 9.48. The summed E-state index contributed by atoms with van der Waals surface area (Å²) in [6.45, 7) is 1.01. The molecule has 0 aliphatic carbocycles. The van der Waals surface area contributed by atoms with Crippen LogP contribution in [0.3, 0.4) is 0 Å². The average Bonchev–Trinajstić information content (AvgIpc) is 3.04. The first-order chi connectivity index (χ1) is 20.6. The van der Waals surface area contributed by atoms with E-state index in [0.29, 0.717) is 49.2 Å². The van der Waals surface area contributed by atoms with Gasteiger partial charge in [-0.05, 0) is 35.4 Å². The number of methoxy groups -OCH3 is 2. The summed E-state index contributed by atoms with van der Waals surface area (Å²) < 4.78 is 22.4. The van der Waals surface area contributed by atoms with E-state index in [0.717, 1.165) is 11.1 Å². The summed E-state index contributed by atoms with van der Waals surface area (Å²) in [5.74, 6) is 1.67. The van der Waals surface area contributed by atoms with Gasteiger partial charge in [-0.25, -0.2) is 0 Å². The zero-order valence-corrected chi connectivity index (χ0v) is 24.0. The Morgan fingerprint density at radius 3 is 1.19 bits per heavy atom. The molecule has 4 aromatic carbocycles. The number of hydrogen-bond donors (Lipinski definition) is 0. The second kappa shape index (κ2) is 15.7. The second-order valence-corrected chi connectivity index (χ2v) is 9.48. The molecule has 0 spiro atoms. The molecule has 8 heteroatoms. The monoisotopic (exact) mass is 568 g/mol. The van der Waals surface area contributed by atoms with Crippen molar-refractivity contribution in [3.63, 3.8) is 0 Å². The van der Waals surface area contributed by atoms with Gasteiger partial charge in [-0.15, -0.1) is 0 Å². The first-order valence-electron chi connectivity index (χ1n) is 13.7. The summed E-state index contributed by atoms with van der Waals surface area (Å²) in [5, 5.41) is 0. The number of hydrogen-bond acceptors (Lipinski definition) is 6. The van der Waals surface area contributed by atoms with Crippen molar-refractivity contribution in [1.29, 1.82) is 0 Å². The Hall–Kier alpha value is -4.98. The van der Waals surface area contributed by atoms with Gasteiger partial charge >= 0.3 is 0 Å². The summed E-state index contributed by atoms with van der Waals surface area (Å²) in [4.78, 5) is 30.3. The lowest BCUT2D eigenvalue weighted by Crippen LogP contribution is -2.43. The van der Waals surface area contributed by atoms with Crippen molar-refractivity contribution in [2.75, 3.05) is 40.5 Å². The molecule has 0 bridgehead atoms. The maximum atomic E-state index is 13.5. The van der Waals surface area contributed by atoms with Gasteiger partial charge in [-0.1, -0.05) is 84.9 Å². The molecule has 0 heterocycles. The molecule has 0 atom stereocenters. The van der Waals surface area contributed by atoms with Gasteiger partial charge in [0, 0.05) is 26.2 Å². The molecule has 0 aliphatic heterocycles. The predicted molar refractivity (Wildman–Crippen MR) is 161 cm³/mol. The van der Waals surface area contributed by atoms with E-state index in [1.54, 1.807) is 48.3 Å². The molecule has 8 nitrogen and oxygen atoms in total. The van der Waals surface area contributed by atoms with E-state index >= 15 is 0 Å². The Morgan fingerprint density at radius 1 is 0.500 bits per heavy atom. The summed E-state index contributed by atoms with van der Waals surface area (Å²) in [6, 6.07) is 33.9. The third-order valence-electron chi connectivity index (χ3n) is 6.62. The van der Waals surface area contributed by atoms with Gasteiger partial charge < -0.3 is 28.7 Å². The zero-order valence-electron chi connectivity index (χ0n) is 24.0.